The van der Waals surface area contributed by atoms with Crippen LogP contribution in [-0.2, 0) is 29.7 Å². The molecule has 2 aromatic heterocycles. The van der Waals surface area contributed by atoms with E-state index >= 15 is 4.39 Å². The largest absolute Gasteiger partial charge is 0.465 e. The number of anilines is 1. The Morgan fingerprint density at radius 1 is 0.920 bits per heavy atom. The Hall–Kier alpha value is -5.29. The first-order valence-electron chi connectivity index (χ1n) is 15.5. The molecule has 14 nitrogen and oxygen atoms in total. The summed E-state index contributed by atoms with van der Waals surface area (Å²) >= 11 is 0. The minimum absolute atomic E-state index is 0.0177. The van der Waals surface area contributed by atoms with Gasteiger partial charge in [0.25, 0.3) is 5.91 Å². The molecule has 0 saturated heterocycles. The maximum absolute atomic E-state index is 15.1. The van der Waals surface area contributed by atoms with Crippen molar-refractivity contribution in [1.82, 2.24) is 23.3 Å². The number of imidazole rings is 1. The highest BCUT2D eigenvalue weighted by molar-refractivity contribution is 7.89. The number of amides is 2. The molecule has 3 aromatic carbocycles. The number of carbonyl (C=O) groups excluding carboxylic acids is 1. The molecule has 0 saturated carbocycles. The van der Waals surface area contributed by atoms with Gasteiger partial charge in [-0.25, -0.2) is 26.7 Å². The SMILES string of the molecule is Cc1c(-c2cccc(S(=O)(=O)N(C)C)c2)c2cc(C(=O)Nc3ccc4c(c3)n(CCO)c(=O)n4CCO)ccc2n1CC(F)=CCNC(=O)O. The quantitative estimate of drug-likeness (QED) is 0.123. The average Bonchev–Trinajstić information content (AvgIpc) is 3.49. The number of aliphatic hydroxyl groups excluding tert-OH is 2. The lowest BCUT2D eigenvalue weighted by Crippen LogP contribution is -2.26. The van der Waals surface area contributed by atoms with E-state index in [9.17, 15) is 33.0 Å². The van der Waals surface area contributed by atoms with Crippen LogP contribution in [-0.4, -0.2) is 87.6 Å². The van der Waals surface area contributed by atoms with Crippen molar-refractivity contribution in [3.05, 3.63) is 94.3 Å². The van der Waals surface area contributed by atoms with E-state index in [1.165, 1.54) is 35.4 Å². The normalized spacial score (nSPS) is 12.3. The van der Waals surface area contributed by atoms with Crippen LogP contribution >= 0.6 is 0 Å². The third-order valence-corrected chi connectivity index (χ3v) is 10.1. The number of aliphatic hydroxyl groups is 2. The number of nitrogens with one attached hydrogen (secondary N) is 2. The molecule has 264 valence electrons. The molecule has 0 spiro atoms. The Morgan fingerprint density at radius 2 is 1.60 bits per heavy atom. The van der Waals surface area contributed by atoms with Gasteiger partial charge in [0, 0.05) is 54.1 Å². The molecule has 0 atom stereocenters. The lowest BCUT2D eigenvalue weighted by Gasteiger charge is -2.13. The zero-order valence-corrected chi connectivity index (χ0v) is 28.4. The van der Waals surface area contributed by atoms with Crippen LogP contribution in [0.15, 0.2) is 82.3 Å². The highest BCUT2D eigenvalue weighted by Crippen LogP contribution is 2.37. The summed E-state index contributed by atoms with van der Waals surface area (Å²) in [5.74, 6) is -1.11. The van der Waals surface area contributed by atoms with E-state index in [4.69, 9.17) is 5.11 Å². The van der Waals surface area contributed by atoms with Gasteiger partial charge < -0.3 is 30.5 Å². The van der Waals surface area contributed by atoms with Crippen molar-refractivity contribution >= 4 is 49.6 Å². The first kappa shape index (κ1) is 36.0. The summed E-state index contributed by atoms with van der Waals surface area (Å²) in [5.41, 5.74) is 3.39. The molecule has 0 aliphatic heterocycles. The van der Waals surface area contributed by atoms with Crippen molar-refractivity contribution < 1.29 is 37.7 Å². The van der Waals surface area contributed by atoms with Crippen molar-refractivity contribution in [2.45, 2.75) is 31.5 Å². The van der Waals surface area contributed by atoms with Crippen molar-refractivity contribution in [1.29, 1.82) is 0 Å². The number of aromatic nitrogens is 3. The molecule has 0 aliphatic rings. The fourth-order valence-electron chi connectivity index (χ4n) is 5.91. The summed E-state index contributed by atoms with van der Waals surface area (Å²) in [6.07, 6.45) is -0.183. The van der Waals surface area contributed by atoms with Gasteiger partial charge in [0.05, 0.1) is 48.8 Å². The van der Waals surface area contributed by atoms with Gasteiger partial charge in [0.15, 0.2) is 0 Å². The van der Waals surface area contributed by atoms with Crippen LogP contribution in [0.1, 0.15) is 16.1 Å². The van der Waals surface area contributed by atoms with E-state index in [0.29, 0.717) is 44.4 Å². The van der Waals surface area contributed by atoms with Gasteiger partial charge in [-0.15, -0.1) is 0 Å². The molecule has 0 unspecified atom stereocenters. The maximum atomic E-state index is 15.1. The second-order valence-corrected chi connectivity index (χ2v) is 13.8. The molecule has 5 N–H and O–H groups in total. The van der Waals surface area contributed by atoms with Gasteiger partial charge >= 0.3 is 11.8 Å². The van der Waals surface area contributed by atoms with Gasteiger partial charge in [-0.3, -0.25) is 13.9 Å². The Bertz CT molecular complexity index is 2310. The van der Waals surface area contributed by atoms with Crippen LogP contribution in [0.25, 0.3) is 33.1 Å². The second-order valence-electron chi connectivity index (χ2n) is 11.6. The van der Waals surface area contributed by atoms with Crippen LogP contribution < -0.4 is 16.3 Å². The first-order valence-corrected chi connectivity index (χ1v) is 17.0. The van der Waals surface area contributed by atoms with E-state index in [2.05, 4.69) is 10.6 Å². The number of hydrogen-bond donors (Lipinski definition) is 5. The number of halogens is 1. The molecule has 0 bridgehead atoms. The van der Waals surface area contributed by atoms with Crippen LogP contribution in [0.4, 0.5) is 14.9 Å². The predicted molar refractivity (Wildman–Crippen MR) is 187 cm³/mol. The monoisotopic (exact) mass is 708 g/mol. The van der Waals surface area contributed by atoms with Gasteiger partial charge in [0.1, 0.15) is 5.83 Å². The standard InChI is InChI=1S/C34H37FN6O8S/c1-21-31(22-5-4-6-26(17-22)50(48,49)38(2)3)27-18-23(7-9-28(27)41(21)20-24(35)11-12-36-33(45)46)32(44)37-25-8-10-29-30(19-25)40(14-16-43)34(47)39(29)13-15-42/h4-11,17-19,36,42-43H,12-16,20H2,1-3H3,(H,37,44)(H,45,46). The number of hydrogen-bond acceptors (Lipinski definition) is 7. The molecule has 5 rings (SSSR count). The smallest absolute Gasteiger partial charge is 0.404 e. The van der Waals surface area contributed by atoms with Gasteiger partial charge in [-0.1, -0.05) is 12.1 Å². The first-order chi connectivity index (χ1) is 23.8. The zero-order chi connectivity index (χ0) is 36.3. The van der Waals surface area contributed by atoms with E-state index < -0.39 is 33.5 Å². The number of carbonyl (C=O) groups is 2. The molecule has 0 fully saturated rings. The molecule has 2 heterocycles. The number of fused-ring (bicyclic) bond motifs is 2. The summed E-state index contributed by atoms with van der Waals surface area (Å²) in [6.45, 7) is 0.774. The third-order valence-electron chi connectivity index (χ3n) is 8.30. The number of nitrogens with zero attached hydrogens (tertiary/aromatic N) is 4. The van der Waals surface area contributed by atoms with Crippen molar-refractivity contribution in [2.24, 2.45) is 0 Å². The zero-order valence-electron chi connectivity index (χ0n) is 27.6. The topological polar surface area (TPSA) is 188 Å². The summed E-state index contributed by atoms with van der Waals surface area (Å²) < 4.78 is 46.6. The average molecular weight is 709 g/mol. The lowest BCUT2D eigenvalue weighted by molar-refractivity contribution is 0.102. The molecule has 50 heavy (non-hydrogen) atoms. The van der Waals surface area contributed by atoms with Crippen molar-refractivity contribution in [3.8, 4) is 11.1 Å². The summed E-state index contributed by atoms with van der Waals surface area (Å²) in [7, 11) is -0.951. The number of rotatable bonds is 13. The Kier molecular flexibility index (Phi) is 10.6. The van der Waals surface area contributed by atoms with Gasteiger partial charge in [-0.05, 0) is 67.1 Å². The summed E-state index contributed by atoms with van der Waals surface area (Å²) in [6, 6.07) is 16.0. The summed E-state index contributed by atoms with van der Waals surface area (Å²) in [4.78, 5) is 37.4. The number of allylic oxidation sites excluding steroid dienone is 1. The Morgan fingerprint density at radius 3 is 2.26 bits per heavy atom. The van der Waals surface area contributed by atoms with Crippen LogP contribution in [0.2, 0.25) is 0 Å². The van der Waals surface area contributed by atoms with E-state index in [1.807, 2.05) is 0 Å². The molecule has 5 aromatic rings. The van der Waals surface area contributed by atoms with Crippen molar-refractivity contribution in [3.63, 3.8) is 0 Å². The number of carboxylic acid groups (broad SMARTS) is 1. The number of sulfonamides is 1. The van der Waals surface area contributed by atoms with Crippen LogP contribution in [0, 0.1) is 6.92 Å². The van der Waals surface area contributed by atoms with Crippen molar-refractivity contribution in [2.75, 3.05) is 39.2 Å². The molecule has 2 amide bonds. The molecular formula is C34H37FN6O8S. The van der Waals surface area contributed by atoms with Crippen LogP contribution in [0.3, 0.4) is 0 Å². The van der Waals surface area contributed by atoms with Gasteiger partial charge in [0.2, 0.25) is 10.0 Å². The third kappa shape index (κ3) is 7.04. The fraction of sp³-hybridized carbons (Fsp3) is 0.265. The maximum Gasteiger partial charge on any atom is 0.404 e. The molecular weight excluding hydrogens is 671 g/mol. The van der Waals surface area contributed by atoms with E-state index in [-0.39, 0.29) is 49.9 Å². The van der Waals surface area contributed by atoms with Crippen LogP contribution in [0.5, 0.6) is 0 Å². The number of benzene rings is 3. The predicted octanol–water partition coefficient (Wildman–Crippen LogP) is 3.34. The lowest BCUT2D eigenvalue weighted by atomic mass is 10.0. The minimum Gasteiger partial charge on any atom is -0.465 e. The fourth-order valence-corrected chi connectivity index (χ4v) is 6.86. The minimum atomic E-state index is -3.80. The highest BCUT2D eigenvalue weighted by Gasteiger charge is 2.22. The Labute approximate surface area is 286 Å². The second kappa shape index (κ2) is 14.7. The van der Waals surface area contributed by atoms with Gasteiger partial charge in [-0.2, -0.15) is 0 Å². The highest BCUT2D eigenvalue weighted by atomic mass is 32.2. The molecule has 0 radical (unpaired) electrons. The molecule has 0 aliphatic carbocycles. The molecule has 16 heteroatoms. The van der Waals surface area contributed by atoms with E-state index in [1.54, 1.807) is 60.0 Å². The summed E-state index contributed by atoms with van der Waals surface area (Å²) in [5, 5.41) is 33.3. The van der Waals surface area contributed by atoms with E-state index in [0.717, 1.165) is 10.4 Å². The Balaban J connectivity index is 1.59.